The number of nitriles is 1. The number of aromatic amines is 1. The van der Waals surface area contributed by atoms with E-state index in [0.29, 0.717) is 16.7 Å². The van der Waals surface area contributed by atoms with Crippen molar-refractivity contribution in [2.75, 3.05) is 0 Å². The maximum atomic E-state index is 9.18. The minimum absolute atomic E-state index is 0.565. The normalized spacial score (nSPS) is 14.1. The molecule has 0 fully saturated rings. The third-order valence-corrected chi connectivity index (χ3v) is 4.06. The molecule has 0 aliphatic heterocycles. The largest absolute Gasteiger partial charge is 0.334 e. The van der Waals surface area contributed by atoms with Crippen LogP contribution in [0.2, 0.25) is 0 Å². The van der Waals surface area contributed by atoms with Crippen LogP contribution in [-0.2, 0) is 19.9 Å². The number of nitrogens with one attached hydrogen (secondary N) is 1. The maximum Gasteiger partial charge on any atom is 0.179 e. The Bertz CT molecular complexity index is 880. The molecule has 3 aromatic rings. The third kappa shape index (κ3) is 1.74. The Labute approximate surface area is 121 Å². The van der Waals surface area contributed by atoms with Crippen LogP contribution in [-0.4, -0.2) is 24.7 Å². The summed E-state index contributed by atoms with van der Waals surface area (Å²) in [5.74, 6) is 0.748. The number of nitrogens with zero attached hydrogens (tertiary/aromatic N) is 5. The molecule has 0 aromatic carbocycles. The van der Waals surface area contributed by atoms with Gasteiger partial charge in [-0.1, -0.05) is 0 Å². The highest BCUT2D eigenvalue weighted by Crippen LogP contribution is 2.30. The molecule has 0 radical (unpaired) electrons. The third-order valence-electron chi connectivity index (χ3n) is 4.06. The summed E-state index contributed by atoms with van der Waals surface area (Å²) >= 11 is 0. The summed E-state index contributed by atoms with van der Waals surface area (Å²) in [6.45, 7) is 0. The van der Waals surface area contributed by atoms with Crippen molar-refractivity contribution in [2.45, 2.75) is 25.7 Å². The van der Waals surface area contributed by atoms with Gasteiger partial charge in [0.1, 0.15) is 17.3 Å². The van der Waals surface area contributed by atoms with Crippen molar-refractivity contribution in [3.8, 4) is 17.6 Å². The summed E-state index contributed by atoms with van der Waals surface area (Å²) in [5.41, 5.74) is 5.31. The Balaban J connectivity index is 1.95. The molecule has 0 spiro atoms. The van der Waals surface area contributed by atoms with Gasteiger partial charge in [-0.05, 0) is 31.7 Å². The van der Waals surface area contributed by atoms with Crippen LogP contribution in [0.25, 0.3) is 22.7 Å². The first-order chi connectivity index (χ1) is 10.3. The minimum atomic E-state index is 0.565. The van der Waals surface area contributed by atoms with E-state index in [2.05, 4.69) is 26.1 Å². The van der Waals surface area contributed by atoms with Crippen LogP contribution in [0.15, 0.2) is 12.3 Å². The van der Waals surface area contributed by atoms with Crippen molar-refractivity contribution in [3.05, 3.63) is 29.1 Å². The lowest BCUT2D eigenvalue weighted by molar-refractivity contribution is 0.664. The van der Waals surface area contributed by atoms with Gasteiger partial charge in [-0.15, -0.1) is 0 Å². The van der Waals surface area contributed by atoms with Crippen molar-refractivity contribution in [2.24, 2.45) is 7.05 Å². The molecule has 3 aromatic heterocycles. The van der Waals surface area contributed by atoms with E-state index in [1.807, 2.05) is 11.7 Å². The van der Waals surface area contributed by atoms with Gasteiger partial charge in [0.15, 0.2) is 11.5 Å². The number of aryl methyl sites for hydroxylation is 2. The molecule has 0 saturated heterocycles. The van der Waals surface area contributed by atoms with Crippen molar-refractivity contribution < 1.29 is 0 Å². The zero-order valence-electron chi connectivity index (χ0n) is 11.7. The Morgan fingerprint density at radius 3 is 3.05 bits per heavy atom. The average molecular weight is 278 g/mol. The molecule has 6 heteroatoms. The summed E-state index contributed by atoms with van der Waals surface area (Å²) in [4.78, 5) is 12.0. The number of pyridine rings is 1. The summed E-state index contributed by atoms with van der Waals surface area (Å²) in [7, 11) is 1.94. The van der Waals surface area contributed by atoms with E-state index in [-0.39, 0.29) is 0 Å². The van der Waals surface area contributed by atoms with Crippen LogP contribution in [0, 0.1) is 11.3 Å². The number of fused-ring (bicyclic) bond motifs is 2. The molecule has 21 heavy (non-hydrogen) atoms. The van der Waals surface area contributed by atoms with E-state index in [0.717, 1.165) is 24.4 Å². The van der Waals surface area contributed by atoms with Gasteiger partial charge in [0, 0.05) is 18.8 Å². The van der Waals surface area contributed by atoms with Crippen LogP contribution in [0.3, 0.4) is 0 Å². The first-order valence-corrected chi connectivity index (χ1v) is 7.08. The predicted octanol–water partition coefficient (Wildman–Crippen LogP) is 2.11. The second-order valence-electron chi connectivity index (χ2n) is 5.36. The van der Waals surface area contributed by atoms with Crippen LogP contribution < -0.4 is 0 Å². The quantitative estimate of drug-likeness (QED) is 0.739. The molecule has 1 N–H and O–H groups in total. The second-order valence-corrected chi connectivity index (χ2v) is 5.36. The highest BCUT2D eigenvalue weighted by molar-refractivity contribution is 5.81. The van der Waals surface area contributed by atoms with Crippen LogP contribution in [0.4, 0.5) is 0 Å². The molecule has 0 amide bonds. The number of hydrogen-bond acceptors (Lipinski definition) is 4. The number of hydrogen-bond donors (Lipinski definition) is 1. The van der Waals surface area contributed by atoms with Gasteiger partial charge in [-0.3, -0.25) is 4.68 Å². The Morgan fingerprint density at radius 2 is 2.19 bits per heavy atom. The van der Waals surface area contributed by atoms with E-state index < -0.39 is 0 Å². The van der Waals surface area contributed by atoms with Gasteiger partial charge in [-0.2, -0.15) is 10.4 Å². The van der Waals surface area contributed by atoms with Gasteiger partial charge in [-0.25, -0.2) is 9.97 Å². The smallest absolute Gasteiger partial charge is 0.179 e. The van der Waals surface area contributed by atoms with E-state index in [1.54, 1.807) is 12.3 Å². The number of rotatable bonds is 1. The topological polar surface area (TPSA) is 83.2 Å². The number of H-pyrrole nitrogens is 1. The molecule has 3 heterocycles. The SMILES string of the molecule is Cn1nc2c(c1-c1nc3nccc(C#N)c3[nH]1)CCCC2. The summed E-state index contributed by atoms with van der Waals surface area (Å²) in [6, 6.07) is 3.87. The van der Waals surface area contributed by atoms with Gasteiger partial charge in [0.2, 0.25) is 0 Å². The monoisotopic (exact) mass is 278 g/mol. The van der Waals surface area contributed by atoms with E-state index in [9.17, 15) is 5.26 Å². The molecule has 0 saturated carbocycles. The fourth-order valence-electron chi connectivity index (χ4n) is 3.09. The first kappa shape index (κ1) is 12.1. The molecule has 1 aliphatic rings. The molecular formula is C15H14N6. The van der Waals surface area contributed by atoms with Gasteiger partial charge in [0.25, 0.3) is 0 Å². The zero-order chi connectivity index (χ0) is 14.4. The lowest BCUT2D eigenvalue weighted by atomic mass is 9.96. The van der Waals surface area contributed by atoms with Crippen LogP contribution in [0.5, 0.6) is 0 Å². The Kier molecular flexibility index (Phi) is 2.54. The molecule has 4 rings (SSSR count). The lowest BCUT2D eigenvalue weighted by Crippen LogP contribution is -2.01. The minimum Gasteiger partial charge on any atom is -0.334 e. The van der Waals surface area contributed by atoms with Crippen molar-refractivity contribution >= 4 is 11.2 Å². The predicted molar refractivity (Wildman–Crippen MR) is 77.4 cm³/mol. The average Bonchev–Trinajstić information content (AvgIpc) is 3.05. The zero-order valence-corrected chi connectivity index (χ0v) is 11.7. The summed E-state index contributed by atoms with van der Waals surface area (Å²) in [6.07, 6.45) is 6.07. The Morgan fingerprint density at radius 1 is 1.33 bits per heavy atom. The van der Waals surface area contributed by atoms with E-state index in [1.165, 1.54) is 24.1 Å². The first-order valence-electron chi connectivity index (χ1n) is 7.08. The second kappa shape index (κ2) is 4.42. The molecule has 1 aliphatic carbocycles. The van der Waals surface area contributed by atoms with Crippen LogP contribution in [0.1, 0.15) is 29.7 Å². The highest BCUT2D eigenvalue weighted by Gasteiger charge is 2.22. The molecule has 104 valence electrons. The van der Waals surface area contributed by atoms with Crippen molar-refractivity contribution in [1.82, 2.24) is 24.7 Å². The van der Waals surface area contributed by atoms with Gasteiger partial charge < -0.3 is 4.98 Å². The summed E-state index contributed by atoms with van der Waals surface area (Å²) in [5, 5.41) is 13.8. The highest BCUT2D eigenvalue weighted by atomic mass is 15.3. The molecule has 6 nitrogen and oxygen atoms in total. The molecule has 0 atom stereocenters. The molecule has 0 bridgehead atoms. The maximum absolute atomic E-state index is 9.18. The number of aromatic nitrogens is 5. The van der Waals surface area contributed by atoms with Crippen LogP contribution >= 0.6 is 0 Å². The van der Waals surface area contributed by atoms with Crippen molar-refractivity contribution in [1.29, 1.82) is 5.26 Å². The van der Waals surface area contributed by atoms with Gasteiger partial charge in [0.05, 0.1) is 11.3 Å². The molecule has 0 unspecified atom stereocenters. The van der Waals surface area contributed by atoms with E-state index >= 15 is 0 Å². The molecular weight excluding hydrogens is 264 g/mol. The van der Waals surface area contributed by atoms with E-state index in [4.69, 9.17) is 0 Å². The Hall–Kier alpha value is -2.68. The standard InChI is InChI=1S/C15H14N6/c1-21-13(10-4-2-3-5-11(10)20-21)15-18-12-9(8-16)6-7-17-14(12)19-15/h6-7H,2-5H2,1H3,(H,17,18,19). The number of imidazole rings is 1. The lowest BCUT2D eigenvalue weighted by Gasteiger charge is -2.09. The fourth-order valence-corrected chi connectivity index (χ4v) is 3.09. The van der Waals surface area contributed by atoms with Crippen molar-refractivity contribution in [3.63, 3.8) is 0 Å². The summed E-state index contributed by atoms with van der Waals surface area (Å²) < 4.78 is 1.89. The van der Waals surface area contributed by atoms with Gasteiger partial charge >= 0.3 is 0 Å². The fraction of sp³-hybridized carbons (Fsp3) is 0.333.